The minimum absolute atomic E-state index is 0.0533. The van der Waals surface area contributed by atoms with Crippen molar-refractivity contribution in [3.8, 4) is 0 Å². The molecule has 2 rings (SSSR count). The minimum Gasteiger partial charge on any atom is -0.462 e. The van der Waals surface area contributed by atoms with Crippen molar-refractivity contribution < 1.29 is 9.53 Å². The molecule has 1 aromatic heterocycles. The van der Waals surface area contributed by atoms with E-state index < -0.39 is 11.5 Å². The number of rotatable bonds is 3. The first-order valence-corrected chi connectivity index (χ1v) is 5.98. The third-order valence-electron chi connectivity index (χ3n) is 2.81. The van der Waals surface area contributed by atoms with Gasteiger partial charge >= 0.3 is 5.97 Å². The Bertz CT molecular complexity index is 643. The van der Waals surface area contributed by atoms with Crippen LogP contribution >= 0.6 is 0 Å². The average Bonchev–Trinajstić information content (AvgIpc) is 2.37. The van der Waals surface area contributed by atoms with Crippen molar-refractivity contribution in [2.45, 2.75) is 20.3 Å². The molecule has 0 bridgehead atoms. The number of hydrogen-bond donors (Lipinski definition) is 1. The van der Waals surface area contributed by atoms with Gasteiger partial charge in [0.1, 0.15) is 5.56 Å². The summed E-state index contributed by atoms with van der Waals surface area (Å²) in [6, 6.07) is 7.37. The second kappa shape index (κ2) is 5.04. The third kappa shape index (κ3) is 2.27. The van der Waals surface area contributed by atoms with Gasteiger partial charge in [-0.1, -0.05) is 13.0 Å². The molecule has 0 aliphatic heterocycles. The number of carbonyl (C=O) groups is 1. The maximum Gasteiger partial charge on any atom is 0.343 e. The van der Waals surface area contributed by atoms with E-state index in [-0.39, 0.29) is 12.2 Å². The van der Waals surface area contributed by atoms with E-state index in [4.69, 9.17) is 4.74 Å². The number of nitrogens with one attached hydrogen (secondary N) is 1. The summed E-state index contributed by atoms with van der Waals surface area (Å²) in [7, 11) is 0. The van der Waals surface area contributed by atoms with Crippen molar-refractivity contribution in [1.82, 2.24) is 4.98 Å². The van der Waals surface area contributed by atoms with Gasteiger partial charge in [-0.05, 0) is 42.5 Å². The minimum atomic E-state index is -0.581. The topological polar surface area (TPSA) is 59.2 Å². The Balaban J connectivity index is 2.58. The Labute approximate surface area is 105 Å². The van der Waals surface area contributed by atoms with Gasteiger partial charge in [-0.3, -0.25) is 4.79 Å². The van der Waals surface area contributed by atoms with Crippen LogP contribution in [0.1, 0.15) is 29.8 Å². The lowest BCUT2D eigenvalue weighted by Gasteiger charge is -2.04. The van der Waals surface area contributed by atoms with Crippen LogP contribution in [0.2, 0.25) is 0 Å². The molecule has 4 heteroatoms. The number of benzene rings is 1. The highest BCUT2D eigenvalue weighted by Gasteiger charge is 2.12. The van der Waals surface area contributed by atoms with Crippen molar-refractivity contribution in [2.24, 2.45) is 0 Å². The number of esters is 1. The largest absolute Gasteiger partial charge is 0.462 e. The van der Waals surface area contributed by atoms with Crippen LogP contribution in [-0.2, 0) is 11.2 Å². The highest BCUT2D eigenvalue weighted by molar-refractivity contribution is 5.93. The molecular formula is C14H15NO3. The molecule has 0 radical (unpaired) electrons. The van der Waals surface area contributed by atoms with E-state index in [0.717, 1.165) is 22.9 Å². The molecule has 0 saturated heterocycles. The molecule has 1 heterocycles. The van der Waals surface area contributed by atoms with Crippen molar-refractivity contribution in [3.05, 3.63) is 45.7 Å². The molecule has 0 saturated carbocycles. The Morgan fingerprint density at radius 1 is 1.28 bits per heavy atom. The predicted octanol–water partition coefficient (Wildman–Crippen LogP) is 2.27. The lowest BCUT2D eigenvalue weighted by Crippen LogP contribution is -2.19. The van der Waals surface area contributed by atoms with Crippen LogP contribution in [0, 0.1) is 0 Å². The van der Waals surface area contributed by atoms with Gasteiger partial charge in [0.15, 0.2) is 0 Å². The first-order valence-electron chi connectivity index (χ1n) is 5.98. The normalized spacial score (nSPS) is 10.6. The predicted molar refractivity (Wildman–Crippen MR) is 69.9 cm³/mol. The van der Waals surface area contributed by atoms with Gasteiger partial charge in [0, 0.05) is 5.52 Å². The van der Waals surface area contributed by atoms with Crippen LogP contribution in [0.5, 0.6) is 0 Å². The summed E-state index contributed by atoms with van der Waals surface area (Å²) in [4.78, 5) is 26.1. The number of fused-ring (bicyclic) bond motifs is 1. The Kier molecular flexibility index (Phi) is 3.46. The molecule has 2 aromatic rings. The fourth-order valence-electron chi connectivity index (χ4n) is 1.84. The maximum absolute atomic E-state index is 11.7. The quantitative estimate of drug-likeness (QED) is 0.844. The molecule has 0 spiro atoms. The number of pyridine rings is 1. The summed E-state index contributed by atoms with van der Waals surface area (Å²) in [5.41, 5.74) is 1.53. The van der Waals surface area contributed by atoms with Crippen molar-refractivity contribution in [1.29, 1.82) is 0 Å². The summed E-state index contributed by atoms with van der Waals surface area (Å²) in [5.74, 6) is -0.581. The van der Waals surface area contributed by atoms with Crippen molar-refractivity contribution >= 4 is 16.9 Å². The highest BCUT2D eigenvalue weighted by Crippen LogP contribution is 2.14. The summed E-state index contributed by atoms with van der Waals surface area (Å²) in [5, 5.41) is 0.844. The lowest BCUT2D eigenvalue weighted by atomic mass is 10.1. The number of H-pyrrole nitrogens is 1. The summed E-state index contributed by atoms with van der Waals surface area (Å²) in [6.45, 7) is 4.02. The van der Waals surface area contributed by atoms with Gasteiger partial charge in [0.05, 0.1) is 6.61 Å². The third-order valence-corrected chi connectivity index (χ3v) is 2.81. The standard InChI is InChI=1S/C14H15NO3/c1-3-9-5-6-12-10(7-9)8-11(13(16)15-12)14(17)18-4-2/h5-8H,3-4H2,1-2H3,(H,15,16). The zero-order chi connectivity index (χ0) is 13.1. The zero-order valence-electron chi connectivity index (χ0n) is 10.4. The van der Waals surface area contributed by atoms with Crippen LogP contribution in [-0.4, -0.2) is 17.6 Å². The van der Waals surface area contributed by atoms with Crippen molar-refractivity contribution in [2.75, 3.05) is 6.61 Å². The van der Waals surface area contributed by atoms with Gasteiger partial charge in [-0.2, -0.15) is 0 Å². The lowest BCUT2D eigenvalue weighted by molar-refractivity contribution is 0.0524. The average molecular weight is 245 g/mol. The Morgan fingerprint density at radius 2 is 2.06 bits per heavy atom. The van der Waals surface area contributed by atoms with Gasteiger partial charge in [0.2, 0.25) is 0 Å². The van der Waals surface area contributed by atoms with E-state index in [0.29, 0.717) is 0 Å². The van der Waals surface area contributed by atoms with E-state index in [2.05, 4.69) is 11.9 Å². The molecular weight excluding hydrogens is 230 g/mol. The molecule has 4 nitrogen and oxygen atoms in total. The number of aromatic amines is 1. The number of carbonyl (C=O) groups excluding carboxylic acids is 1. The fourth-order valence-corrected chi connectivity index (χ4v) is 1.84. The summed E-state index contributed by atoms with van der Waals surface area (Å²) < 4.78 is 4.86. The Hall–Kier alpha value is -2.10. The molecule has 0 amide bonds. The molecule has 1 N–H and O–H groups in total. The van der Waals surface area contributed by atoms with Crippen LogP contribution in [0.3, 0.4) is 0 Å². The number of ether oxygens (including phenoxy) is 1. The van der Waals surface area contributed by atoms with E-state index in [1.165, 1.54) is 0 Å². The molecule has 0 fully saturated rings. The van der Waals surface area contributed by atoms with E-state index in [9.17, 15) is 9.59 Å². The van der Waals surface area contributed by atoms with Crippen molar-refractivity contribution in [3.63, 3.8) is 0 Å². The molecule has 0 aliphatic carbocycles. The van der Waals surface area contributed by atoms with E-state index >= 15 is 0 Å². The smallest absolute Gasteiger partial charge is 0.343 e. The molecule has 94 valence electrons. The Morgan fingerprint density at radius 3 is 2.72 bits per heavy atom. The molecule has 18 heavy (non-hydrogen) atoms. The molecule has 1 aromatic carbocycles. The molecule has 0 unspecified atom stereocenters. The zero-order valence-corrected chi connectivity index (χ0v) is 10.4. The van der Waals surface area contributed by atoms with Crippen LogP contribution in [0.15, 0.2) is 29.1 Å². The fraction of sp³-hybridized carbons (Fsp3) is 0.286. The maximum atomic E-state index is 11.7. The van der Waals surface area contributed by atoms with Crippen LogP contribution in [0.4, 0.5) is 0 Å². The second-order valence-corrected chi connectivity index (χ2v) is 4.01. The molecule has 0 atom stereocenters. The van der Waals surface area contributed by atoms with Crippen LogP contribution < -0.4 is 5.56 Å². The number of aromatic nitrogens is 1. The number of hydrogen-bond acceptors (Lipinski definition) is 3. The van der Waals surface area contributed by atoms with Crippen LogP contribution in [0.25, 0.3) is 10.9 Å². The van der Waals surface area contributed by atoms with Gasteiger partial charge in [-0.15, -0.1) is 0 Å². The summed E-state index contributed by atoms with van der Waals surface area (Å²) >= 11 is 0. The monoisotopic (exact) mass is 245 g/mol. The highest BCUT2D eigenvalue weighted by atomic mass is 16.5. The summed E-state index contributed by atoms with van der Waals surface area (Å²) in [6.07, 6.45) is 0.907. The first-order chi connectivity index (χ1) is 8.65. The van der Waals surface area contributed by atoms with Gasteiger partial charge in [-0.25, -0.2) is 4.79 Å². The first kappa shape index (κ1) is 12.4. The van der Waals surface area contributed by atoms with Gasteiger partial charge < -0.3 is 9.72 Å². The SMILES string of the molecule is CCOC(=O)c1cc2cc(CC)ccc2[nH]c1=O. The van der Waals surface area contributed by atoms with E-state index in [1.54, 1.807) is 13.0 Å². The van der Waals surface area contributed by atoms with E-state index in [1.807, 2.05) is 18.2 Å². The second-order valence-electron chi connectivity index (χ2n) is 4.01. The van der Waals surface area contributed by atoms with Gasteiger partial charge in [0.25, 0.3) is 5.56 Å². The number of aryl methyl sites for hydroxylation is 1. The molecule has 0 aliphatic rings.